The zero-order valence-corrected chi connectivity index (χ0v) is 15.1. The Morgan fingerprint density at radius 3 is 2.48 bits per heavy atom. The topological polar surface area (TPSA) is 36.4 Å². The van der Waals surface area contributed by atoms with E-state index in [0.29, 0.717) is 11.7 Å². The molecule has 0 saturated carbocycles. The van der Waals surface area contributed by atoms with Gasteiger partial charge in [-0.2, -0.15) is 0 Å². The van der Waals surface area contributed by atoms with E-state index in [1.54, 1.807) is 17.0 Å². The van der Waals surface area contributed by atoms with Crippen LogP contribution in [-0.4, -0.2) is 43.0 Å². The maximum absolute atomic E-state index is 13.1. The predicted octanol–water partition coefficient (Wildman–Crippen LogP) is 3.57. The summed E-state index contributed by atoms with van der Waals surface area (Å²) in [5.74, 6) is -0.334. The molecule has 4 nitrogen and oxygen atoms in total. The second kappa shape index (κ2) is 7.72. The second-order valence-electron chi connectivity index (χ2n) is 6.12. The van der Waals surface area contributed by atoms with Crippen molar-refractivity contribution in [3.05, 3.63) is 59.9 Å². The number of para-hydroxylation sites is 1. The molecule has 0 bridgehead atoms. The molecule has 3 rings (SSSR count). The first-order valence-electron chi connectivity index (χ1n) is 8.08. The van der Waals surface area contributed by atoms with Gasteiger partial charge in [0.15, 0.2) is 5.13 Å². The van der Waals surface area contributed by atoms with E-state index in [-0.39, 0.29) is 18.1 Å². The molecule has 0 fully saturated rings. The van der Waals surface area contributed by atoms with E-state index in [0.717, 1.165) is 22.3 Å². The van der Waals surface area contributed by atoms with Gasteiger partial charge in [0, 0.05) is 13.1 Å². The van der Waals surface area contributed by atoms with Crippen LogP contribution in [0.1, 0.15) is 5.56 Å². The Bertz CT molecular complexity index is 827. The first-order valence-corrected chi connectivity index (χ1v) is 8.89. The fourth-order valence-electron chi connectivity index (χ4n) is 2.47. The summed E-state index contributed by atoms with van der Waals surface area (Å²) in [6.45, 7) is 1.30. The average molecular weight is 357 g/mol. The summed E-state index contributed by atoms with van der Waals surface area (Å²) in [5.41, 5.74) is 1.69. The highest BCUT2D eigenvalue weighted by Crippen LogP contribution is 2.29. The van der Waals surface area contributed by atoms with Gasteiger partial charge in [-0.1, -0.05) is 35.6 Å². The number of carbonyl (C=O) groups excluding carboxylic acids is 1. The molecule has 0 spiro atoms. The van der Waals surface area contributed by atoms with Crippen molar-refractivity contribution in [2.24, 2.45) is 0 Å². The number of rotatable bonds is 6. The van der Waals surface area contributed by atoms with Crippen LogP contribution in [0.3, 0.4) is 0 Å². The predicted molar refractivity (Wildman–Crippen MR) is 101 cm³/mol. The Hall–Kier alpha value is -2.31. The molecule has 0 unspecified atom stereocenters. The molecule has 1 aromatic heterocycles. The third kappa shape index (κ3) is 4.41. The number of nitrogens with zero attached hydrogens (tertiary/aromatic N) is 3. The van der Waals surface area contributed by atoms with Crippen LogP contribution in [0.25, 0.3) is 10.2 Å². The van der Waals surface area contributed by atoms with Crippen molar-refractivity contribution in [3.8, 4) is 0 Å². The number of likely N-dealkylation sites (N-methyl/N-ethyl adjacent to an activating group) is 1. The lowest BCUT2D eigenvalue weighted by Gasteiger charge is -2.22. The minimum Gasteiger partial charge on any atom is -0.308 e. The third-order valence-corrected chi connectivity index (χ3v) is 4.91. The van der Waals surface area contributed by atoms with Crippen LogP contribution in [-0.2, 0) is 11.2 Å². The number of thiazole rings is 1. The molecule has 2 aromatic carbocycles. The molecule has 1 amide bonds. The molecule has 1 heterocycles. The molecule has 0 aliphatic rings. The molecular formula is C19H20FN3OS. The number of halogens is 1. The van der Waals surface area contributed by atoms with Crippen molar-refractivity contribution in [2.45, 2.75) is 6.42 Å². The van der Waals surface area contributed by atoms with Crippen LogP contribution in [0.15, 0.2) is 48.5 Å². The molecule has 0 aliphatic carbocycles. The van der Waals surface area contributed by atoms with Gasteiger partial charge in [0.1, 0.15) is 5.82 Å². The Kier molecular flexibility index (Phi) is 5.40. The summed E-state index contributed by atoms with van der Waals surface area (Å²) in [6, 6.07) is 13.9. The first kappa shape index (κ1) is 17.5. The van der Waals surface area contributed by atoms with E-state index in [1.165, 1.54) is 23.5 Å². The van der Waals surface area contributed by atoms with Gasteiger partial charge in [-0.05, 0) is 43.9 Å². The van der Waals surface area contributed by atoms with Gasteiger partial charge >= 0.3 is 0 Å². The number of fused-ring (bicyclic) bond motifs is 1. The lowest BCUT2D eigenvalue weighted by molar-refractivity contribution is -0.118. The summed E-state index contributed by atoms with van der Waals surface area (Å²) < 4.78 is 14.1. The Morgan fingerprint density at radius 1 is 1.08 bits per heavy atom. The highest BCUT2D eigenvalue weighted by Gasteiger charge is 2.20. The van der Waals surface area contributed by atoms with Gasteiger partial charge in [0.25, 0.3) is 0 Å². The number of benzene rings is 2. The van der Waals surface area contributed by atoms with Crippen LogP contribution in [0.5, 0.6) is 0 Å². The maximum Gasteiger partial charge on any atom is 0.233 e. The lowest BCUT2D eigenvalue weighted by atomic mass is 10.1. The maximum atomic E-state index is 13.1. The monoisotopic (exact) mass is 357 g/mol. The van der Waals surface area contributed by atoms with Crippen molar-refractivity contribution in [2.75, 3.05) is 32.1 Å². The Labute approximate surface area is 150 Å². The minimum atomic E-state index is -0.299. The minimum absolute atomic E-state index is 0.0347. The van der Waals surface area contributed by atoms with Gasteiger partial charge in [0.05, 0.1) is 16.6 Å². The van der Waals surface area contributed by atoms with E-state index < -0.39 is 0 Å². The van der Waals surface area contributed by atoms with Gasteiger partial charge in [-0.25, -0.2) is 9.37 Å². The largest absolute Gasteiger partial charge is 0.308 e. The van der Waals surface area contributed by atoms with Crippen LogP contribution < -0.4 is 4.90 Å². The first-order chi connectivity index (χ1) is 12.0. The molecule has 130 valence electrons. The number of amides is 1. The fraction of sp³-hybridized carbons (Fsp3) is 0.263. The number of hydrogen-bond donors (Lipinski definition) is 0. The van der Waals surface area contributed by atoms with E-state index >= 15 is 0 Å². The Balaban J connectivity index is 1.85. The molecule has 3 aromatic rings. The zero-order valence-electron chi connectivity index (χ0n) is 14.3. The Morgan fingerprint density at radius 2 is 1.80 bits per heavy atom. The fourth-order valence-corrected chi connectivity index (χ4v) is 3.48. The van der Waals surface area contributed by atoms with Crippen LogP contribution in [0.2, 0.25) is 0 Å². The molecule has 0 atom stereocenters. The number of anilines is 1. The van der Waals surface area contributed by atoms with Gasteiger partial charge in [0.2, 0.25) is 5.91 Å². The molecular weight excluding hydrogens is 337 g/mol. The second-order valence-corrected chi connectivity index (χ2v) is 7.13. The number of carbonyl (C=O) groups is 1. The van der Waals surface area contributed by atoms with Crippen molar-refractivity contribution >= 4 is 32.6 Å². The van der Waals surface area contributed by atoms with Crippen molar-refractivity contribution < 1.29 is 9.18 Å². The van der Waals surface area contributed by atoms with Crippen molar-refractivity contribution in [1.82, 2.24) is 9.88 Å². The van der Waals surface area contributed by atoms with Crippen molar-refractivity contribution in [1.29, 1.82) is 0 Å². The summed E-state index contributed by atoms with van der Waals surface area (Å²) >= 11 is 1.51. The molecule has 0 aliphatic heterocycles. The summed E-state index contributed by atoms with van der Waals surface area (Å²) in [5, 5.41) is 0.704. The summed E-state index contributed by atoms with van der Waals surface area (Å²) in [7, 11) is 3.95. The van der Waals surface area contributed by atoms with Gasteiger partial charge in [-0.3, -0.25) is 9.69 Å². The van der Waals surface area contributed by atoms with E-state index in [1.807, 2.05) is 43.3 Å². The average Bonchev–Trinajstić information content (AvgIpc) is 3.00. The van der Waals surface area contributed by atoms with Crippen LogP contribution >= 0.6 is 11.3 Å². The quantitative estimate of drug-likeness (QED) is 0.677. The molecule has 6 heteroatoms. The summed E-state index contributed by atoms with van der Waals surface area (Å²) in [6.07, 6.45) is 0.226. The zero-order chi connectivity index (χ0) is 17.8. The summed E-state index contributed by atoms with van der Waals surface area (Å²) in [4.78, 5) is 21.2. The van der Waals surface area contributed by atoms with E-state index in [2.05, 4.69) is 4.98 Å². The lowest BCUT2D eigenvalue weighted by Crippen LogP contribution is -2.37. The number of hydrogen-bond acceptors (Lipinski definition) is 4. The van der Waals surface area contributed by atoms with Gasteiger partial charge < -0.3 is 4.90 Å². The van der Waals surface area contributed by atoms with Crippen molar-refractivity contribution in [3.63, 3.8) is 0 Å². The molecule has 0 radical (unpaired) electrons. The molecule has 0 N–H and O–H groups in total. The normalized spacial score (nSPS) is 11.2. The third-order valence-electron chi connectivity index (χ3n) is 3.85. The van der Waals surface area contributed by atoms with Crippen LogP contribution in [0.4, 0.5) is 9.52 Å². The van der Waals surface area contributed by atoms with E-state index in [4.69, 9.17) is 0 Å². The standard InChI is InChI=1S/C19H20FN3OS/c1-22(2)11-12-23(18(24)13-14-7-9-15(20)10-8-14)19-21-16-5-3-4-6-17(16)25-19/h3-10H,11-13H2,1-2H3. The van der Waals surface area contributed by atoms with Crippen LogP contribution in [0, 0.1) is 5.82 Å². The molecule has 0 saturated heterocycles. The van der Waals surface area contributed by atoms with Gasteiger partial charge in [-0.15, -0.1) is 0 Å². The van der Waals surface area contributed by atoms with E-state index in [9.17, 15) is 9.18 Å². The smallest absolute Gasteiger partial charge is 0.233 e. The molecule has 25 heavy (non-hydrogen) atoms. The number of aromatic nitrogens is 1. The highest BCUT2D eigenvalue weighted by molar-refractivity contribution is 7.22. The SMILES string of the molecule is CN(C)CCN(C(=O)Cc1ccc(F)cc1)c1nc2ccccc2s1. The highest BCUT2D eigenvalue weighted by atomic mass is 32.1.